The molecule has 2 aromatic rings. The molecule has 0 aliphatic carbocycles. The van der Waals surface area contributed by atoms with Crippen LogP contribution < -0.4 is 15.4 Å². The summed E-state index contributed by atoms with van der Waals surface area (Å²) in [5, 5.41) is 6.27. The van der Waals surface area contributed by atoms with Gasteiger partial charge in [-0.25, -0.2) is 4.98 Å². The van der Waals surface area contributed by atoms with E-state index in [1.54, 1.807) is 19.4 Å². The Morgan fingerprint density at radius 2 is 2.07 bits per heavy atom. The van der Waals surface area contributed by atoms with Crippen LogP contribution in [0.25, 0.3) is 0 Å². The highest BCUT2D eigenvalue weighted by Gasteiger charge is 2.39. The van der Waals surface area contributed by atoms with Crippen molar-refractivity contribution in [2.24, 2.45) is 5.41 Å². The number of amides is 1. The van der Waals surface area contributed by atoms with Crippen LogP contribution in [0.3, 0.4) is 0 Å². The zero-order chi connectivity index (χ0) is 19.1. The number of methoxy groups -OCH3 is 1. The van der Waals surface area contributed by atoms with E-state index < -0.39 is 5.41 Å². The topological polar surface area (TPSA) is 72.5 Å². The smallest absolute Gasteiger partial charge is 0.233 e. The number of hydrogen-bond acceptors (Lipinski definition) is 5. The number of piperidine rings is 1. The fourth-order valence-electron chi connectivity index (χ4n) is 3.35. The third-order valence-corrected chi connectivity index (χ3v) is 4.99. The fourth-order valence-corrected chi connectivity index (χ4v) is 3.35. The number of carbonyl (C=O) groups excluding carboxylic acids is 1. The van der Waals surface area contributed by atoms with Gasteiger partial charge in [-0.3, -0.25) is 4.79 Å². The third kappa shape index (κ3) is 4.84. The average Bonchev–Trinajstić information content (AvgIpc) is 2.70. The van der Waals surface area contributed by atoms with Gasteiger partial charge in [0.15, 0.2) is 0 Å². The van der Waals surface area contributed by atoms with Crippen molar-refractivity contribution in [1.82, 2.24) is 10.3 Å². The molecule has 1 aliphatic rings. The van der Waals surface area contributed by atoms with E-state index in [2.05, 4.69) is 28.6 Å². The van der Waals surface area contributed by atoms with Crippen molar-refractivity contribution in [3.05, 3.63) is 48.2 Å². The van der Waals surface area contributed by atoms with Crippen molar-refractivity contribution < 1.29 is 14.3 Å². The summed E-state index contributed by atoms with van der Waals surface area (Å²) in [6, 6.07) is 11.5. The van der Waals surface area contributed by atoms with Gasteiger partial charge >= 0.3 is 0 Å². The zero-order valence-corrected chi connectivity index (χ0v) is 16.0. The minimum Gasteiger partial charge on any atom is -0.439 e. The third-order valence-electron chi connectivity index (χ3n) is 4.99. The Kier molecular flexibility index (Phi) is 6.42. The Hall–Kier alpha value is -2.44. The second kappa shape index (κ2) is 8.97. The molecule has 3 rings (SSSR count). The van der Waals surface area contributed by atoms with E-state index in [9.17, 15) is 4.79 Å². The second-order valence-corrected chi connectivity index (χ2v) is 6.91. The van der Waals surface area contributed by atoms with Crippen LogP contribution in [0.15, 0.2) is 42.6 Å². The number of rotatable bonds is 7. The lowest BCUT2D eigenvalue weighted by molar-refractivity contribution is -0.130. The number of benzene rings is 1. The standard InChI is InChI=1S/C21H27N3O3/c1-3-16-5-4-6-18(13-16)27-19-8-7-17(14-23-19)24-20(25)21(15-26-2)9-11-22-12-10-21/h4-8,13-14,22H,3,9-12,15H2,1-2H3,(H,24,25). The lowest BCUT2D eigenvalue weighted by atomic mass is 9.78. The molecule has 1 saturated heterocycles. The van der Waals surface area contributed by atoms with Gasteiger partial charge in [-0.2, -0.15) is 0 Å². The van der Waals surface area contributed by atoms with Crippen molar-refractivity contribution in [3.63, 3.8) is 0 Å². The van der Waals surface area contributed by atoms with Gasteiger partial charge < -0.3 is 20.1 Å². The molecule has 1 aromatic carbocycles. The summed E-state index contributed by atoms with van der Waals surface area (Å²) in [5.74, 6) is 1.24. The maximum absolute atomic E-state index is 12.8. The van der Waals surface area contributed by atoms with E-state index >= 15 is 0 Å². The Bertz CT molecular complexity index is 750. The van der Waals surface area contributed by atoms with Gasteiger partial charge in [-0.1, -0.05) is 19.1 Å². The molecule has 144 valence electrons. The van der Waals surface area contributed by atoms with Crippen LogP contribution in [0.4, 0.5) is 5.69 Å². The number of nitrogens with one attached hydrogen (secondary N) is 2. The predicted molar refractivity (Wildman–Crippen MR) is 105 cm³/mol. The molecule has 1 fully saturated rings. The van der Waals surface area contributed by atoms with Crippen molar-refractivity contribution in [3.8, 4) is 11.6 Å². The molecule has 1 aromatic heterocycles. The Morgan fingerprint density at radius 3 is 2.74 bits per heavy atom. The maximum Gasteiger partial charge on any atom is 0.233 e. The highest BCUT2D eigenvalue weighted by Crippen LogP contribution is 2.31. The minimum absolute atomic E-state index is 0.0167. The molecule has 27 heavy (non-hydrogen) atoms. The Labute approximate surface area is 160 Å². The normalized spacial score (nSPS) is 15.9. The number of anilines is 1. The van der Waals surface area contributed by atoms with Crippen LogP contribution >= 0.6 is 0 Å². The average molecular weight is 369 g/mol. The van der Waals surface area contributed by atoms with E-state index in [0.717, 1.165) is 38.1 Å². The van der Waals surface area contributed by atoms with Gasteiger partial charge in [0.05, 0.1) is 23.9 Å². The van der Waals surface area contributed by atoms with E-state index in [-0.39, 0.29) is 5.91 Å². The number of ether oxygens (including phenoxy) is 2. The Morgan fingerprint density at radius 1 is 1.26 bits per heavy atom. The first-order valence-corrected chi connectivity index (χ1v) is 9.39. The van der Waals surface area contributed by atoms with Crippen LogP contribution in [-0.4, -0.2) is 37.7 Å². The lowest BCUT2D eigenvalue weighted by Crippen LogP contribution is -2.47. The summed E-state index contributed by atoms with van der Waals surface area (Å²) in [5.41, 5.74) is 1.38. The van der Waals surface area contributed by atoms with Crippen molar-refractivity contribution >= 4 is 11.6 Å². The monoisotopic (exact) mass is 369 g/mol. The number of aromatic nitrogens is 1. The summed E-state index contributed by atoms with van der Waals surface area (Å²) in [6.45, 7) is 4.16. The molecule has 6 heteroatoms. The van der Waals surface area contributed by atoms with Gasteiger partial charge in [0.25, 0.3) is 0 Å². The first-order chi connectivity index (χ1) is 13.1. The molecule has 0 saturated carbocycles. The number of hydrogen-bond donors (Lipinski definition) is 2. The number of carbonyl (C=O) groups is 1. The van der Waals surface area contributed by atoms with Gasteiger partial charge in [-0.05, 0) is 56.1 Å². The highest BCUT2D eigenvalue weighted by molar-refractivity contribution is 5.95. The maximum atomic E-state index is 12.8. The molecule has 2 heterocycles. The lowest BCUT2D eigenvalue weighted by Gasteiger charge is -2.35. The fraction of sp³-hybridized carbons (Fsp3) is 0.429. The van der Waals surface area contributed by atoms with E-state index in [1.807, 2.05) is 24.3 Å². The molecule has 0 unspecified atom stereocenters. The van der Waals surface area contributed by atoms with Crippen LogP contribution in [0.2, 0.25) is 0 Å². The molecule has 0 radical (unpaired) electrons. The van der Waals surface area contributed by atoms with Gasteiger partial charge in [0.2, 0.25) is 11.8 Å². The Balaban J connectivity index is 1.65. The summed E-state index contributed by atoms with van der Waals surface area (Å²) in [6.07, 6.45) is 4.09. The summed E-state index contributed by atoms with van der Waals surface area (Å²) < 4.78 is 11.1. The number of nitrogens with zero attached hydrogens (tertiary/aromatic N) is 1. The summed E-state index contributed by atoms with van der Waals surface area (Å²) in [7, 11) is 1.64. The van der Waals surface area contributed by atoms with Crippen LogP contribution in [0.1, 0.15) is 25.3 Å². The molecule has 1 amide bonds. The van der Waals surface area contributed by atoms with Gasteiger partial charge in [0.1, 0.15) is 5.75 Å². The van der Waals surface area contributed by atoms with Crippen molar-refractivity contribution in [2.75, 3.05) is 32.1 Å². The molecule has 1 aliphatic heterocycles. The zero-order valence-electron chi connectivity index (χ0n) is 16.0. The first-order valence-electron chi connectivity index (χ1n) is 9.39. The molecular weight excluding hydrogens is 342 g/mol. The van der Waals surface area contributed by atoms with Crippen molar-refractivity contribution in [2.45, 2.75) is 26.2 Å². The molecule has 6 nitrogen and oxygen atoms in total. The van der Waals surface area contributed by atoms with Crippen molar-refractivity contribution in [1.29, 1.82) is 0 Å². The van der Waals surface area contributed by atoms with E-state index in [4.69, 9.17) is 9.47 Å². The van der Waals surface area contributed by atoms with E-state index in [1.165, 1.54) is 5.56 Å². The number of pyridine rings is 1. The molecule has 2 N–H and O–H groups in total. The second-order valence-electron chi connectivity index (χ2n) is 6.91. The molecule has 0 atom stereocenters. The van der Waals surface area contributed by atoms with Crippen LogP contribution in [-0.2, 0) is 16.0 Å². The van der Waals surface area contributed by atoms with Gasteiger partial charge in [-0.15, -0.1) is 0 Å². The van der Waals surface area contributed by atoms with Crippen LogP contribution in [0.5, 0.6) is 11.6 Å². The van der Waals surface area contributed by atoms with Crippen LogP contribution in [0, 0.1) is 5.41 Å². The number of aryl methyl sites for hydroxylation is 1. The van der Waals surface area contributed by atoms with E-state index in [0.29, 0.717) is 18.2 Å². The highest BCUT2D eigenvalue weighted by atomic mass is 16.5. The molecular formula is C21H27N3O3. The first kappa shape index (κ1) is 19.3. The largest absolute Gasteiger partial charge is 0.439 e. The summed E-state index contributed by atoms with van der Waals surface area (Å²) >= 11 is 0. The summed E-state index contributed by atoms with van der Waals surface area (Å²) in [4.78, 5) is 17.2. The van der Waals surface area contributed by atoms with Gasteiger partial charge in [0, 0.05) is 13.2 Å². The predicted octanol–water partition coefficient (Wildman–Crippen LogP) is 3.39. The SMILES string of the molecule is CCc1cccc(Oc2ccc(NC(=O)C3(COC)CCNCC3)cn2)c1. The molecule has 0 spiro atoms. The minimum atomic E-state index is -0.490. The quantitative estimate of drug-likeness (QED) is 0.783. The molecule has 0 bridgehead atoms.